The molecule has 0 aliphatic rings. The third-order valence-electron chi connectivity index (χ3n) is 3.73. The fraction of sp³-hybridized carbons (Fsp3) is 0.167. The third kappa shape index (κ3) is 3.43. The lowest BCUT2D eigenvalue weighted by atomic mass is 10.1. The number of fused-ring (bicyclic) bond motifs is 1. The SMILES string of the molecule is COc1ccc2ncnc(NC(Cc3ccccc3)C(=O)O)c2c1. The maximum atomic E-state index is 11.6. The smallest absolute Gasteiger partial charge is 0.326 e. The lowest BCUT2D eigenvalue weighted by molar-refractivity contribution is -0.137. The third-order valence-corrected chi connectivity index (χ3v) is 3.73. The molecule has 1 heterocycles. The van der Waals surface area contributed by atoms with Crippen LogP contribution in [0.3, 0.4) is 0 Å². The highest BCUT2D eigenvalue weighted by Crippen LogP contribution is 2.25. The summed E-state index contributed by atoms with van der Waals surface area (Å²) in [4.78, 5) is 20.0. The number of nitrogens with zero attached hydrogens (tertiary/aromatic N) is 2. The molecule has 24 heavy (non-hydrogen) atoms. The summed E-state index contributed by atoms with van der Waals surface area (Å²) in [5, 5.41) is 13.3. The number of hydrogen-bond acceptors (Lipinski definition) is 5. The predicted molar refractivity (Wildman–Crippen MR) is 91.3 cm³/mol. The van der Waals surface area contributed by atoms with Gasteiger partial charge in [0.2, 0.25) is 0 Å². The second-order valence-electron chi connectivity index (χ2n) is 5.33. The van der Waals surface area contributed by atoms with Gasteiger partial charge in [0, 0.05) is 11.8 Å². The van der Waals surface area contributed by atoms with Gasteiger partial charge in [-0.1, -0.05) is 30.3 Å². The zero-order chi connectivity index (χ0) is 16.9. The molecule has 0 spiro atoms. The fourth-order valence-electron chi connectivity index (χ4n) is 2.49. The highest BCUT2D eigenvalue weighted by molar-refractivity contribution is 5.91. The summed E-state index contributed by atoms with van der Waals surface area (Å²) in [5.74, 6) is 0.200. The Morgan fingerprint density at radius 1 is 1.21 bits per heavy atom. The number of carboxylic acids is 1. The van der Waals surface area contributed by atoms with Crippen LogP contribution in [0.25, 0.3) is 10.9 Å². The Morgan fingerprint density at radius 3 is 2.71 bits per heavy atom. The van der Waals surface area contributed by atoms with Crippen molar-refractivity contribution in [2.24, 2.45) is 0 Å². The Balaban J connectivity index is 1.92. The number of aliphatic carboxylic acids is 1. The number of hydrogen-bond donors (Lipinski definition) is 2. The summed E-state index contributed by atoms with van der Waals surface area (Å²) >= 11 is 0. The van der Waals surface area contributed by atoms with Gasteiger partial charge in [-0.05, 0) is 23.8 Å². The molecule has 0 bridgehead atoms. The fourth-order valence-corrected chi connectivity index (χ4v) is 2.49. The van der Waals surface area contributed by atoms with E-state index in [4.69, 9.17) is 4.74 Å². The Kier molecular flexibility index (Phi) is 4.56. The lowest BCUT2D eigenvalue weighted by Crippen LogP contribution is -2.32. The molecule has 1 unspecified atom stereocenters. The summed E-state index contributed by atoms with van der Waals surface area (Å²) in [6.45, 7) is 0. The summed E-state index contributed by atoms with van der Waals surface area (Å²) in [6, 6.07) is 14.1. The molecule has 0 saturated carbocycles. The molecular formula is C18H17N3O3. The van der Waals surface area contributed by atoms with Crippen LogP contribution >= 0.6 is 0 Å². The van der Waals surface area contributed by atoms with Gasteiger partial charge in [0.25, 0.3) is 0 Å². The molecule has 3 rings (SSSR count). The van der Waals surface area contributed by atoms with E-state index < -0.39 is 12.0 Å². The Morgan fingerprint density at radius 2 is 2.00 bits per heavy atom. The van der Waals surface area contributed by atoms with Gasteiger partial charge in [0.05, 0.1) is 12.6 Å². The molecule has 2 N–H and O–H groups in total. The van der Waals surface area contributed by atoms with Crippen molar-refractivity contribution in [3.05, 3.63) is 60.4 Å². The van der Waals surface area contributed by atoms with Crippen molar-refractivity contribution in [2.75, 3.05) is 12.4 Å². The molecule has 0 aliphatic carbocycles. The molecule has 0 amide bonds. The van der Waals surface area contributed by atoms with Gasteiger partial charge in [-0.3, -0.25) is 0 Å². The second kappa shape index (κ2) is 6.95. The Labute approximate surface area is 139 Å². The lowest BCUT2D eigenvalue weighted by Gasteiger charge is -2.16. The van der Waals surface area contributed by atoms with Crippen LogP contribution in [-0.2, 0) is 11.2 Å². The highest BCUT2D eigenvalue weighted by atomic mass is 16.5. The van der Waals surface area contributed by atoms with E-state index >= 15 is 0 Å². The van der Waals surface area contributed by atoms with Gasteiger partial charge >= 0.3 is 5.97 Å². The minimum atomic E-state index is -0.937. The molecule has 122 valence electrons. The van der Waals surface area contributed by atoms with Crippen LogP contribution in [0, 0.1) is 0 Å². The number of ether oxygens (including phenoxy) is 1. The van der Waals surface area contributed by atoms with Gasteiger partial charge in [-0.15, -0.1) is 0 Å². The van der Waals surface area contributed by atoms with Gasteiger partial charge in [-0.25, -0.2) is 14.8 Å². The summed E-state index contributed by atoms with van der Waals surface area (Å²) in [7, 11) is 1.58. The van der Waals surface area contributed by atoms with Gasteiger partial charge < -0.3 is 15.2 Å². The predicted octanol–water partition coefficient (Wildman–Crippen LogP) is 2.75. The van der Waals surface area contributed by atoms with Crippen LogP contribution in [0.4, 0.5) is 5.82 Å². The molecule has 6 heteroatoms. The average molecular weight is 323 g/mol. The average Bonchev–Trinajstić information content (AvgIpc) is 2.61. The van der Waals surface area contributed by atoms with Crippen molar-refractivity contribution < 1.29 is 14.6 Å². The van der Waals surface area contributed by atoms with E-state index in [1.807, 2.05) is 36.4 Å². The Bertz CT molecular complexity index is 853. The van der Waals surface area contributed by atoms with Crippen LogP contribution in [0.2, 0.25) is 0 Å². The first-order valence-corrected chi connectivity index (χ1v) is 7.49. The normalized spacial score (nSPS) is 11.9. The second-order valence-corrected chi connectivity index (χ2v) is 5.33. The topological polar surface area (TPSA) is 84.3 Å². The summed E-state index contributed by atoms with van der Waals surface area (Å²) in [5.41, 5.74) is 1.66. The number of carboxylic acid groups (broad SMARTS) is 1. The van der Waals surface area contributed by atoms with E-state index in [0.717, 1.165) is 16.5 Å². The van der Waals surface area contributed by atoms with Gasteiger partial charge in [0.15, 0.2) is 0 Å². The van der Waals surface area contributed by atoms with E-state index in [0.29, 0.717) is 18.0 Å². The Hall–Kier alpha value is -3.15. The number of methoxy groups -OCH3 is 1. The quantitative estimate of drug-likeness (QED) is 0.725. The van der Waals surface area contributed by atoms with Crippen LogP contribution in [0.5, 0.6) is 5.75 Å². The zero-order valence-corrected chi connectivity index (χ0v) is 13.1. The number of carbonyl (C=O) groups is 1. The molecule has 2 aromatic carbocycles. The van der Waals surface area contributed by atoms with Crippen molar-refractivity contribution >= 4 is 22.7 Å². The largest absolute Gasteiger partial charge is 0.497 e. The number of benzene rings is 2. The van der Waals surface area contributed by atoms with E-state index in [2.05, 4.69) is 15.3 Å². The molecular weight excluding hydrogens is 306 g/mol. The van der Waals surface area contributed by atoms with Crippen molar-refractivity contribution in [3.8, 4) is 5.75 Å². The molecule has 0 fully saturated rings. The summed E-state index contributed by atoms with van der Waals surface area (Å²) in [6.07, 6.45) is 1.77. The van der Waals surface area contributed by atoms with E-state index in [-0.39, 0.29) is 0 Å². The van der Waals surface area contributed by atoms with Gasteiger partial charge in [0.1, 0.15) is 23.9 Å². The molecule has 0 saturated heterocycles. The highest BCUT2D eigenvalue weighted by Gasteiger charge is 2.19. The number of aromatic nitrogens is 2. The molecule has 6 nitrogen and oxygen atoms in total. The van der Waals surface area contributed by atoms with Crippen molar-refractivity contribution in [2.45, 2.75) is 12.5 Å². The first-order valence-electron chi connectivity index (χ1n) is 7.49. The van der Waals surface area contributed by atoms with Crippen LogP contribution in [-0.4, -0.2) is 34.2 Å². The molecule has 3 aromatic rings. The van der Waals surface area contributed by atoms with Crippen molar-refractivity contribution in [3.63, 3.8) is 0 Å². The number of anilines is 1. The number of nitrogens with one attached hydrogen (secondary N) is 1. The van der Waals surface area contributed by atoms with E-state index in [9.17, 15) is 9.90 Å². The van der Waals surface area contributed by atoms with E-state index in [1.165, 1.54) is 6.33 Å². The maximum absolute atomic E-state index is 11.6. The van der Waals surface area contributed by atoms with Crippen molar-refractivity contribution in [1.29, 1.82) is 0 Å². The van der Waals surface area contributed by atoms with Gasteiger partial charge in [-0.2, -0.15) is 0 Å². The minimum absolute atomic E-state index is 0.353. The first-order chi connectivity index (χ1) is 11.7. The molecule has 1 atom stereocenters. The zero-order valence-electron chi connectivity index (χ0n) is 13.1. The van der Waals surface area contributed by atoms with Crippen LogP contribution in [0.15, 0.2) is 54.9 Å². The van der Waals surface area contributed by atoms with Crippen LogP contribution in [0.1, 0.15) is 5.56 Å². The monoisotopic (exact) mass is 323 g/mol. The number of rotatable bonds is 6. The molecule has 0 radical (unpaired) electrons. The first kappa shape index (κ1) is 15.7. The summed E-state index contributed by atoms with van der Waals surface area (Å²) < 4.78 is 5.23. The molecule has 1 aromatic heterocycles. The van der Waals surface area contributed by atoms with E-state index in [1.54, 1.807) is 19.2 Å². The van der Waals surface area contributed by atoms with Crippen LogP contribution < -0.4 is 10.1 Å². The molecule has 0 aliphatic heterocycles. The maximum Gasteiger partial charge on any atom is 0.326 e. The minimum Gasteiger partial charge on any atom is -0.497 e. The standard InChI is InChI=1S/C18H17N3O3/c1-24-13-7-8-15-14(10-13)17(20-11-19-15)21-16(18(22)23)9-12-5-3-2-4-6-12/h2-8,10-11,16H,9H2,1H3,(H,22,23)(H,19,20,21). The van der Waals surface area contributed by atoms with Crippen molar-refractivity contribution in [1.82, 2.24) is 9.97 Å².